The lowest BCUT2D eigenvalue weighted by atomic mass is 10.2. The van der Waals surface area contributed by atoms with Gasteiger partial charge in [0.25, 0.3) is 0 Å². The molecule has 0 radical (unpaired) electrons. The highest BCUT2D eigenvalue weighted by atomic mass is 16.5. The van der Waals surface area contributed by atoms with Crippen molar-refractivity contribution >= 4 is 5.69 Å². The quantitative estimate of drug-likeness (QED) is 0.736. The Morgan fingerprint density at radius 2 is 2.06 bits per heavy atom. The third-order valence-electron chi connectivity index (χ3n) is 2.99. The fourth-order valence-corrected chi connectivity index (χ4v) is 1.78. The maximum Gasteiger partial charge on any atom is 0.142 e. The normalized spacial score (nSPS) is 12.2. The number of hydrogen-bond donors (Lipinski definition) is 1. The van der Waals surface area contributed by atoms with Gasteiger partial charge in [0.1, 0.15) is 5.75 Å². The molecule has 3 heteroatoms. The number of nitrogens with one attached hydrogen (secondary N) is 1. The van der Waals surface area contributed by atoms with Gasteiger partial charge in [0.2, 0.25) is 0 Å². The maximum atomic E-state index is 5.38. The molecule has 0 aliphatic heterocycles. The molecule has 0 heterocycles. The number of benzene rings is 1. The summed E-state index contributed by atoms with van der Waals surface area (Å²) in [5, 5.41) is 3.44. The first-order valence-corrected chi connectivity index (χ1v) is 6.27. The van der Waals surface area contributed by atoms with Crippen LogP contribution >= 0.6 is 0 Å². The van der Waals surface area contributed by atoms with Gasteiger partial charge in [-0.1, -0.05) is 19.1 Å². The molecule has 0 saturated carbocycles. The molecule has 17 heavy (non-hydrogen) atoms. The summed E-state index contributed by atoms with van der Waals surface area (Å²) in [6.45, 7) is 6.46. The van der Waals surface area contributed by atoms with Crippen molar-refractivity contribution in [2.24, 2.45) is 0 Å². The zero-order valence-corrected chi connectivity index (χ0v) is 11.4. The average molecular weight is 236 g/mol. The van der Waals surface area contributed by atoms with E-state index in [2.05, 4.69) is 37.2 Å². The Morgan fingerprint density at radius 3 is 2.71 bits per heavy atom. The van der Waals surface area contributed by atoms with Crippen molar-refractivity contribution < 1.29 is 4.74 Å². The van der Waals surface area contributed by atoms with Crippen LogP contribution in [0.5, 0.6) is 5.75 Å². The van der Waals surface area contributed by atoms with E-state index in [9.17, 15) is 0 Å². The van der Waals surface area contributed by atoms with Crippen LogP contribution in [0.4, 0.5) is 5.69 Å². The van der Waals surface area contributed by atoms with E-state index in [0.717, 1.165) is 24.5 Å². The van der Waals surface area contributed by atoms with Crippen LogP contribution in [-0.4, -0.2) is 33.3 Å². The van der Waals surface area contributed by atoms with Gasteiger partial charge in [-0.05, 0) is 32.0 Å². The average Bonchev–Trinajstić information content (AvgIpc) is 2.38. The van der Waals surface area contributed by atoms with Crippen molar-refractivity contribution in [2.75, 3.05) is 32.1 Å². The minimum Gasteiger partial charge on any atom is -0.495 e. The van der Waals surface area contributed by atoms with E-state index in [1.165, 1.54) is 6.42 Å². The molecule has 96 valence electrons. The highest BCUT2D eigenvalue weighted by molar-refractivity contribution is 5.58. The van der Waals surface area contributed by atoms with E-state index in [0.29, 0.717) is 6.04 Å². The molecule has 0 saturated heterocycles. The zero-order chi connectivity index (χ0) is 12.7. The molecule has 0 bridgehead atoms. The van der Waals surface area contributed by atoms with E-state index in [4.69, 9.17) is 4.74 Å². The molecule has 0 amide bonds. The van der Waals surface area contributed by atoms with Crippen LogP contribution in [0.3, 0.4) is 0 Å². The van der Waals surface area contributed by atoms with Crippen LogP contribution in [0.2, 0.25) is 0 Å². The number of nitrogens with zero attached hydrogens (tertiary/aromatic N) is 1. The SMILES string of the molecule is CCCNCC(C)N(C)c1ccccc1OC. The highest BCUT2D eigenvalue weighted by Crippen LogP contribution is 2.27. The summed E-state index contributed by atoms with van der Waals surface area (Å²) in [6.07, 6.45) is 1.17. The molecule has 1 aromatic rings. The summed E-state index contributed by atoms with van der Waals surface area (Å²) in [6, 6.07) is 8.57. The number of methoxy groups -OCH3 is 1. The molecule has 0 aromatic heterocycles. The van der Waals surface area contributed by atoms with Crippen molar-refractivity contribution in [2.45, 2.75) is 26.3 Å². The summed E-state index contributed by atoms with van der Waals surface area (Å²) < 4.78 is 5.38. The van der Waals surface area contributed by atoms with Gasteiger partial charge >= 0.3 is 0 Å². The van der Waals surface area contributed by atoms with E-state index in [1.54, 1.807) is 7.11 Å². The Bertz CT molecular complexity index is 328. The van der Waals surface area contributed by atoms with Gasteiger partial charge in [0.05, 0.1) is 12.8 Å². The summed E-state index contributed by atoms with van der Waals surface area (Å²) in [7, 11) is 3.82. The monoisotopic (exact) mass is 236 g/mol. The Morgan fingerprint density at radius 1 is 1.35 bits per heavy atom. The number of ether oxygens (including phenoxy) is 1. The van der Waals surface area contributed by atoms with Crippen molar-refractivity contribution in [3.05, 3.63) is 24.3 Å². The van der Waals surface area contributed by atoms with Crippen molar-refractivity contribution in [3.8, 4) is 5.75 Å². The molecular weight excluding hydrogens is 212 g/mol. The molecular formula is C14H24N2O. The second kappa shape index (κ2) is 7.17. The molecule has 0 fully saturated rings. The third kappa shape index (κ3) is 3.93. The first-order valence-electron chi connectivity index (χ1n) is 6.27. The van der Waals surface area contributed by atoms with Crippen molar-refractivity contribution in [3.63, 3.8) is 0 Å². The van der Waals surface area contributed by atoms with Crippen LogP contribution in [0.25, 0.3) is 0 Å². The number of anilines is 1. The van der Waals surface area contributed by atoms with Crippen LogP contribution in [0.15, 0.2) is 24.3 Å². The van der Waals surface area contributed by atoms with Crippen LogP contribution in [0.1, 0.15) is 20.3 Å². The topological polar surface area (TPSA) is 24.5 Å². The number of rotatable bonds is 7. The Hall–Kier alpha value is -1.22. The van der Waals surface area contributed by atoms with Gasteiger partial charge in [0, 0.05) is 19.6 Å². The van der Waals surface area contributed by atoms with E-state index in [1.807, 2.05) is 18.2 Å². The first kappa shape index (κ1) is 13.8. The van der Waals surface area contributed by atoms with Crippen LogP contribution in [0, 0.1) is 0 Å². The maximum absolute atomic E-state index is 5.38. The van der Waals surface area contributed by atoms with Gasteiger partial charge < -0.3 is 15.0 Å². The number of hydrogen-bond acceptors (Lipinski definition) is 3. The number of para-hydroxylation sites is 2. The summed E-state index contributed by atoms with van der Waals surface area (Å²) >= 11 is 0. The summed E-state index contributed by atoms with van der Waals surface area (Å²) in [4.78, 5) is 2.25. The minimum absolute atomic E-state index is 0.442. The largest absolute Gasteiger partial charge is 0.495 e. The fourth-order valence-electron chi connectivity index (χ4n) is 1.78. The molecule has 1 rings (SSSR count). The van der Waals surface area contributed by atoms with E-state index >= 15 is 0 Å². The van der Waals surface area contributed by atoms with Crippen molar-refractivity contribution in [1.29, 1.82) is 0 Å². The smallest absolute Gasteiger partial charge is 0.142 e. The minimum atomic E-state index is 0.442. The third-order valence-corrected chi connectivity index (χ3v) is 2.99. The lowest BCUT2D eigenvalue weighted by Crippen LogP contribution is -2.38. The molecule has 3 nitrogen and oxygen atoms in total. The van der Waals surface area contributed by atoms with Gasteiger partial charge in [0.15, 0.2) is 0 Å². The summed E-state index contributed by atoms with van der Waals surface area (Å²) in [5.41, 5.74) is 1.14. The van der Waals surface area contributed by atoms with E-state index in [-0.39, 0.29) is 0 Å². The predicted octanol–water partition coefficient (Wildman–Crippen LogP) is 2.52. The summed E-state index contributed by atoms with van der Waals surface area (Å²) in [5.74, 6) is 0.928. The fraction of sp³-hybridized carbons (Fsp3) is 0.571. The van der Waals surface area contributed by atoms with Gasteiger partial charge in [-0.15, -0.1) is 0 Å². The molecule has 0 spiro atoms. The van der Waals surface area contributed by atoms with Crippen molar-refractivity contribution in [1.82, 2.24) is 5.32 Å². The molecule has 1 atom stereocenters. The first-order chi connectivity index (χ1) is 8.20. The molecule has 0 aliphatic rings. The molecule has 1 N–H and O–H groups in total. The second-order valence-electron chi connectivity index (χ2n) is 4.34. The second-order valence-corrected chi connectivity index (χ2v) is 4.34. The van der Waals surface area contributed by atoms with E-state index < -0.39 is 0 Å². The Kier molecular flexibility index (Phi) is 5.84. The van der Waals surface area contributed by atoms with Gasteiger partial charge in [-0.3, -0.25) is 0 Å². The lowest BCUT2D eigenvalue weighted by Gasteiger charge is -2.28. The predicted molar refractivity (Wildman–Crippen MR) is 74.0 cm³/mol. The Labute approximate surface area is 105 Å². The molecule has 0 aliphatic carbocycles. The lowest BCUT2D eigenvalue weighted by molar-refractivity contribution is 0.413. The molecule has 1 aromatic carbocycles. The standard InChI is InChI=1S/C14H24N2O/c1-5-10-15-11-12(2)16(3)13-8-6-7-9-14(13)17-4/h6-9,12,15H,5,10-11H2,1-4H3. The highest BCUT2D eigenvalue weighted by Gasteiger charge is 2.12. The number of likely N-dealkylation sites (N-methyl/N-ethyl adjacent to an activating group) is 1. The van der Waals surface area contributed by atoms with Crippen LogP contribution in [-0.2, 0) is 0 Å². The molecule has 1 unspecified atom stereocenters. The Balaban J connectivity index is 2.64. The zero-order valence-electron chi connectivity index (χ0n) is 11.4. The van der Waals surface area contributed by atoms with Gasteiger partial charge in [-0.25, -0.2) is 0 Å². The van der Waals surface area contributed by atoms with Gasteiger partial charge in [-0.2, -0.15) is 0 Å². The van der Waals surface area contributed by atoms with Crippen LogP contribution < -0.4 is 15.0 Å².